The number of para-hydroxylation sites is 4. The first-order chi connectivity index (χ1) is 31.8. The van der Waals surface area contributed by atoms with E-state index in [0.717, 1.165) is 11.4 Å². The molecule has 0 saturated carbocycles. The van der Waals surface area contributed by atoms with E-state index in [-0.39, 0.29) is 14.5 Å². The van der Waals surface area contributed by atoms with Gasteiger partial charge in [0.1, 0.15) is 0 Å². The van der Waals surface area contributed by atoms with E-state index in [1.807, 2.05) is 0 Å². The summed E-state index contributed by atoms with van der Waals surface area (Å²) in [5.41, 5.74) is 15.9. The number of hydrogen-bond donors (Lipinski definition) is 0. The predicted octanol–water partition coefficient (Wildman–Crippen LogP) is 15.7. The first kappa shape index (κ1) is 35.7. The Hall–Kier alpha value is -7.88. The number of nitrogens with zero attached hydrogens (tertiary/aromatic N) is 3. The molecular weight excluding hydrogens is 842 g/mol. The number of benzene rings is 10. The van der Waals surface area contributed by atoms with Gasteiger partial charge in [0.15, 0.2) is 0 Å². The minimum atomic E-state index is 0.131. The zero-order valence-electron chi connectivity index (χ0n) is 34.6. The summed E-state index contributed by atoms with van der Waals surface area (Å²) < 4.78 is 10.3. The van der Waals surface area contributed by atoms with Crippen molar-refractivity contribution in [1.82, 2.24) is 13.7 Å². The Kier molecular flexibility index (Phi) is 7.70. The van der Waals surface area contributed by atoms with Gasteiger partial charge >= 0.3 is 302 Å². The molecule has 14 aromatic rings. The van der Waals surface area contributed by atoms with Crippen LogP contribution in [-0.2, 0) is 0 Å². The van der Waals surface area contributed by atoms with Crippen molar-refractivity contribution >= 4 is 99.2 Å². The van der Waals surface area contributed by atoms with Crippen LogP contribution in [-0.4, -0.2) is 28.2 Å². The summed E-state index contributed by atoms with van der Waals surface area (Å²) in [6.07, 6.45) is 0. The number of aromatic nitrogens is 3. The van der Waals surface area contributed by atoms with Crippen molar-refractivity contribution in [3.05, 3.63) is 224 Å². The van der Waals surface area contributed by atoms with Crippen molar-refractivity contribution in [1.29, 1.82) is 0 Å². The van der Waals surface area contributed by atoms with Crippen LogP contribution < -0.4 is 0 Å². The van der Waals surface area contributed by atoms with Crippen molar-refractivity contribution in [3.63, 3.8) is 0 Å². The molecule has 0 spiro atoms. The fraction of sp³-hybridized carbons (Fsp3) is 0. The van der Waals surface area contributed by atoms with Crippen LogP contribution in [0.25, 0.3) is 124 Å². The number of hydrogen-bond acceptors (Lipinski definition) is 0. The molecule has 0 N–H and O–H groups in total. The molecular formula is C60H37N3Se. The average molecular weight is 879 g/mol. The average Bonchev–Trinajstić information content (AvgIpc) is 4.10. The molecule has 0 aliphatic rings. The molecule has 4 aromatic heterocycles. The third kappa shape index (κ3) is 5.10. The molecule has 0 aliphatic carbocycles. The summed E-state index contributed by atoms with van der Waals surface area (Å²) in [5, 5.41) is 10.2. The molecule has 14 rings (SSSR count). The van der Waals surface area contributed by atoms with Crippen LogP contribution in [0.2, 0.25) is 0 Å². The standard InChI is InChI=1S/C60H37N3Se/c1-2-16-38(17-3-1)41-18-4-5-19-42(41)48-24-14-25-49-59-56(30-15-31-58(59)64-60(48)49)63-54-29-13-8-22-45(54)47-34-32-40(37-57(47)63)62-53-28-12-9-23-46(53)50-36-39(33-35-55(50)62)61-51-26-10-6-20-43(51)44-21-7-11-27-52(44)61/h1-37H. The Labute approximate surface area is 374 Å². The van der Waals surface area contributed by atoms with Gasteiger partial charge in [-0.05, 0) is 12.1 Å². The third-order valence-corrected chi connectivity index (χ3v) is 16.0. The predicted molar refractivity (Wildman–Crippen MR) is 272 cm³/mol. The van der Waals surface area contributed by atoms with Crippen molar-refractivity contribution in [3.8, 4) is 39.3 Å². The zero-order valence-corrected chi connectivity index (χ0v) is 36.3. The van der Waals surface area contributed by atoms with Gasteiger partial charge in [-0.3, -0.25) is 0 Å². The fourth-order valence-corrected chi connectivity index (χ4v) is 13.4. The number of fused-ring (bicyclic) bond motifs is 12. The normalized spacial score (nSPS) is 12.1. The zero-order chi connectivity index (χ0) is 41.9. The summed E-state index contributed by atoms with van der Waals surface area (Å²) in [7, 11) is 0. The van der Waals surface area contributed by atoms with E-state index in [0.29, 0.717) is 0 Å². The molecule has 0 atom stereocenters. The Balaban J connectivity index is 0.993. The van der Waals surface area contributed by atoms with Crippen LogP contribution in [0.5, 0.6) is 0 Å². The molecule has 0 bridgehead atoms. The molecule has 0 unspecified atom stereocenters. The maximum absolute atomic E-state index is 2.54. The second-order valence-electron chi connectivity index (χ2n) is 16.8. The van der Waals surface area contributed by atoms with Gasteiger partial charge in [-0.1, -0.05) is 36.4 Å². The SMILES string of the molecule is c1ccc(-c2ccccc2-c2cccc3c2[se]c2cccc(-n4c5ccccc5c5ccc(-n6c7ccccc7c7cc(-n8c9ccccc9c9ccccc98)ccc76)cc54)c23)cc1. The van der Waals surface area contributed by atoms with E-state index < -0.39 is 0 Å². The van der Waals surface area contributed by atoms with Crippen LogP contribution in [0.15, 0.2) is 224 Å². The molecule has 0 aliphatic heterocycles. The molecule has 0 radical (unpaired) electrons. The van der Waals surface area contributed by atoms with Gasteiger partial charge in [0.25, 0.3) is 0 Å². The minimum absolute atomic E-state index is 0.131. The summed E-state index contributed by atoms with van der Waals surface area (Å²) >= 11 is 0.131. The topological polar surface area (TPSA) is 14.8 Å². The van der Waals surface area contributed by atoms with Gasteiger partial charge in [-0.2, -0.15) is 0 Å². The second-order valence-corrected chi connectivity index (χ2v) is 19.0. The maximum atomic E-state index is 2.54. The van der Waals surface area contributed by atoms with Gasteiger partial charge in [0.2, 0.25) is 0 Å². The van der Waals surface area contributed by atoms with E-state index >= 15 is 0 Å². The summed E-state index contributed by atoms with van der Waals surface area (Å²) in [5.74, 6) is 0. The molecule has 0 fully saturated rings. The summed E-state index contributed by atoms with van der Waals surface area (Å²) in [6, 6.07) is 83.0. The van der Waals surface area contributed by atoms with Gasteiger partial charge in [-0.15, -0.1) is 0 Å². The summed E-state index contributed by atoms with van der Waals surface area (Å²) in [4.78, 5) is 0. The molecule has 4 heteroatoms. The molecule has 0 amide bonds. The first-order valence-corrected chi connectivity index (χ1v) is 23.6. The van der Waals surface area contributed by atoms with Crippen LogP contribution in [0.3, 0.4) is 0 Å². The Morgan fingerprint density at radius 2 is 0.766 bits per heavy atom. The van der Waals surface area contributed by atoms with E-state index in [9.17, 15) is 0 Å². The van der Waals surface area contributed by atoms with E-state index in [1.165, 1.54) is 113 Å². The van der Waals surface area contributed by atoms with Gasteiger partial charge < -0.3 is 4.57 Å². The van der Waals surface area contributed by atoms with E-state index in [2.05, 4.69) is 238 Å². The second kappa shape index (κ2) is 13.8. The quantitative estimate of drug-likeness (QED) is 0.153. The van der Waals surface area contributed by atoms with Crippen LogP contribution >= 0.6 is 0 Å². The van der Waals surface area contributed by atoms with Gasteiger partial charge in [0, 0.05) is 10.8 Å². The van der Waals surface area contributed by atoms with Crippen molar-refractivity contribution < 1.29 is 0 Å². The van der Waals surface area contributed by atoms with Crippen molar-refractivity contribution in [2.45, 2.75) is 0 Å². The number of rotatable bonds is 5. The molecule has 3 nitrogen and oxygen atoms in total. The summed E-state index contributed by atoms with van der Waals surface area (Å²) in [6.45, 7) is 0. The molecule has 64 heavy (non-hydrogen) atoms. The van der Waals surface area contributed by atoms with Gasteiger partial charge in [-0.25, -0.2) is 0 Å². The molecule has 10 aromatic carbocycles. The monoisotopic (exact) mass is 879 g/mol. The van der Waals surface area contributed by atoms with E-state index in [1.54, 1.807) is 0 Å². The van der Waals surface area contributed by atoms with Gasteiger partial charge in [0.05, 0.1) is 11.0 Å². The Morgan fingerprint density at radius 3 is 1.45 bits per heavy atom. The van der Waals surface area contributed by atoms with Crippen LogP contribution in [0, 0.1) is 0 Å². The van der Waals surface area contributed by atoms with Crippen molar-refractivity contribution in [2.24, 2.45) is 0 Å². The Morgan fingerprint density at radius 1 is 0.281 bits per heavy atom. The van der Waals surface area contributed by atoms with Crippen LogP contribution in [0.4, 0.5) is 0 Å². The first-order valence-electron chi connectivity index (χ1n) is 21.9. The molecule has 298 valence electrons. The third-order valence-electron chi connectivity index (χ3n) is 13.5. The van der Waals surface area contributed by atoms with E-state index in [4.69, 9.17) is 0 Å². The Bertz CT molecular complexity index is 4140. The van der Waals surface area contributed by atoms with Crippen LogP contribution in [0.1, 0.15) is 0 Å². The van der Waals surface area contributed by atoms with Crippen molar-refractivity contribution in [2.75, 3.05) is 0 Å². The molecule has 4 heterocycles. The molecule has 0 saturated heterocycles. The fourth-order valence-electron chi connectivity index (χ4n) is 10.8.